The van der Waals surface area contributed by atoms with Gasteiger partial charge in [-0.05, 0) is 61.5 Å². The van der Waals surface area contributed by atoms with Crippen molar-refractivity contribution < 1.29 is 0 Å². The molecule has 0 saturated heterocycles. The van der Waals surface area contributed by atoms with Crippen molar-refractivity contribution in [1.29, 1.82) is 0 Å². The number of halogens is 1. The molecule has 0 heterocycles. The molecule has 1 aromatic carbocycles. The molecule has 0 aliphatic heterocycles. The number of thiocarbonyl (C=S) groups is 1. The van der Waals surface area contributed by atoms with Gasteiger partial charge in [-0.25, -0.2) is 0 Å². The van der Waals surface area contributed by atoms with Crippen LogP contribution < -0.4 is 5.32 Å². The van der Waals surface area contributed by atoms with Gasteiger partial charge < -0.3 is 10.2 Å². The van der Waals surface area contributed by atoms with Crippen molar-refractivity contribution in [3.8, 4) is 0 Å². The molecule has 0 bridgehead atoms. The van der Waals surface area contributed by atoms with Gasteiger partial charge in [0.05, 0.1) is 0 Å². The first-order valence-electron chi connectivity index (χ1n) is 7.46. The number of benzene rings is 1. The Balaban J connectivity index is 1.73. The molecule has 1 aromatic rings. The zero-order chi connectivity index (χ0) is 14.4. The Morgan fingerprint density at radius 2 is 2.05 bits per heavy atom. The lowest BCUT2D eigenvalue weighted by molar-refractivity contribution is 0.393. The third-order valence-corrected chi connectivity index (χ3v) is 4.21. The normalized spacial score (nSPS) is 14.1. The SMILES string of the molecule is CCCN(CC1CC1)C(=S)NCCc1ccc(Cl)cc1. The molecule has 0 amide bonds. The fourth-order valence-electron chi connectivity index (χ4n) is 2.23. The van der Waals surface area contributed by atoms with Crippen LogP contribution in [0.25, 0.3) is 0 Å². The molecule has 4 heteroatoms. The van der Waals surface area contributed by atoms with Crippen LogP contribution in [0.2, 0.25) is 5.02 Å². The van der Waals surface area contributed by atoms with Crippen LogP contribution in [0.1, 0.15) is 31.7 Å². The summed E-state index contributed by atoms with van der Waals surface area (Å²) < 4.78 is 0. The number of nitrogens with zero attached hydrogens (tertiary/aromatic N) is 1. The summed E-state index contributed by atoms with van der Waals surface area (Å²) in [6.07, 6.45) is 4.85. The van der Waals surface area contributed by atoms with Gasteiger partial charge >= 0.3 is 0 Å². The number of rotatable bonds is 7. The fourth-order valence-corrected chi connectivity index (χ4v) is 2.63. The molecule has 1 aliphatic rings. The molecule has 0 atom stereocenters. The fraction of sp³-hybridized carbons (Fsp3) is 0.562. The monoisotopic (exact) mass is 310 g/mol. The third-order valence-electron chi connectivity index (χ3n) is 3.56. The molecule has 2 rings (SSSR count). The predicted octanol–water partition coefficient (Wildman–Crippen LogP) is 3.88. The summed E-state index contributed by atoms with van der Waals surface area (Å²) in [4.78, 5) is 2.33. The zero-order valence-electron chi connectivity index (χ0n) is 12.1. The largest absolute Gasteiger partial charge is 0.362 e. The van der Waals surface area contributed by atoms with Gasteiger partial charge in [-0.15, -0.1) is 0 Å². The smallest absolute Gasteiger partial charge is 0.168 e. The van der Waals surface area contributed by atoms with Crippen LogP contribution in [0.5, 0.6) is 0 Å². The highest BCUT2D eigenvalue weighted by molar-refractivity contribution is 7.80. The van der Waals surface area contributed by atoms with Crippen molar-refractivity contribution in [3.63, 3.8) is 0 Å². The maximum Gasteiger partial charge on any atom is 0.168 e. The Morgan fingerprint density at radius 1 is 1.35 bits per heavy atom. The Hall–Kier alpha value is -0.800. The third kappa shape index (κ3) is 5.29. The molecule has 2 nitrogen and oxygen atoms in total. The Bertz CT molecular complexity index is 429. The lowest BCUT2D eigenvalue weighted by Crippen LogP contribution is -2.42. The van der Waals surface area contributed by atoms with Crippen LogP contribution in [0.4, 0.5) is 0 Å². The van der Waals surface area contributed by atoms with Gasteiger partial charge in [0.25, 0.3) is 0 Å². The van der Waals surface area contributed by atoms with Gasteiger partial charge in [0.2, 0.25) is 0 Å². The molecule has 0 unspecified atom stereocenters. The van der Waals surface area contributed by atoms with Crippen molar-refractivity contribution in [2.24, 2.45) is 5.92 Å². The molecular weight excluding hydrogens is 288 g/mol. The first-order chi connectivity index (χ1) is 9.69. The quantitative estimate of drug-likeness (QED) is 0.769. The lowest BCUT2D eigenvalue weighted by atomic mass is 10.1. The summed E-state index contributed by atoms with van der Waals surface area (Å²) in [5, 5.41) is 5.09. The van der Waals surface area contributed by atoms with Gasteiger partial charge in [0, 0.05) is 24.7 Å². The molecule has 1 aliphatic carbocycles. The minimum Gasteiger partial charge on any atom is -0.362 e. The van der Waals surface area contributed by atoms with Gasteiger partial charge in [0.1, 0.15) is 0 Å². The maximum atomic E-state index is 5.88. The molecule has 0 aromatic heterocycles. The molecule has 110 valence electrons. The summed E-state index contributed by atoms with van der Waals surface area (Å²) >= 11 is 11.4. The summed E-state index contributed by atoms with van der Waals surface area (Å²) in [6.45, 7) is 5.27. The molecule has 20 heavy (non-hydrogen) atoms. The first kappa shape index (κ1) is 15.6. The van der Waals surface area contributed by atoms with Crippen molar-refractivity contribution in [2.45, 2.75) is 32.6 Å². The highest BCUT2D eigenvalue weighted by Crippen LogP contribution is 2.29. The summed E-state index contributed by atoms with van der Waals surface area (Å²) in [7, 11) is 0. The lowest BCUT2D eigenvalue weighted by Gasteiger charge is -2.25. The number of hydrogen-bond donors (Lipinski definition) is 1. The highest BCUT2D eigenvalue weighted by Gasteiger charge is 2.24. The molecule has 0 spiro atoms. The zero-order valence-corrected chi connectivity index (χ0v) is 13.6. The molecule has 1 fully saturated rings. The van der Waals surface area contributed by atoms with E-state index in [0.717, 1.165) is 48.5 Å². The van der Waals surface area contributed by atoms with Crippen molar-refractivity contribution in [2.75, 3.05) is 19.6 Å². The van der Waals surface area contributed by atoms with Crippen LogP contribution in [0.3, 0.4) is 0 Å². The van der Waals surface area contributed by atoms with Crippen molar-refractivity contribution in [3.05, 3.63) is 34.9 Å². The topological polar surface area (TPSA) is 15.3 Å². The standard InChI is InChI=1S/C16H23ClN2S/c1-2-11-19(12-14-3-4-14)16(20)18-10-9-13-5-7-15(17)8-6-13/h5-8,14H,2-4,9-12H2,1H3,(H,18,20). The average molecular weight is 311 g/mol. The van der Waals surface area contributed by atoms with Crippen LogP contribution in [-0.2, 0) is 6.42 Å². The van der Waals surface area contributed by atoms with E-state index >= 15 is 0 Å². The molecular formula is C16H23ClN2S. The Labute approximate surface area is 132 Å². The second-order valence-corrected chi connectivity index (χ2v) is 6.32. The summed E-state index contributed by atoms with van der Waals surface area (Å²) in [5.41, 5.74) is 1.29. The van der Waals surface area contributed by atoms with E-state index in [2.05, 4.69) is 29.3 Å². The maximum absolute atomic E-state index is 5.88. The van der Waals surface area contributed by atoms with Crippen LogP contribution >= 0.6 is 23.8 Å². The predicted molar refractivity (Wildman–Crippen MR) is 90.3 cm³/mol. The van der Waals surface area contributed by atoms with Crippen LogP contribution in [0, 0.1) is 5.92 Å². The van der Waals surface area contributed by atoms with E-state index in [0.29, 0.717) is 0 Å². The minimum atomic E-state index is 0.788. The van der Waals surface area contributed by atoms with E-state index in [1.807, 2.05) is 12.1 Å². The number of nitrogens with one attached hydrogen (secondary N) is 1. The second-order valence-electron chi connectivity index (χ2n) is 5.50. The van der Waals surface area contributed by atoms with E-state index < -0.39 is 0 Å². The Kier molecular flexibility index (Phi) is 6.11. The molecule has 0 radical (unpaired) electrons. The minimum absolute atomic E-state index is 0.788. The average Bonchev–Trinajstić information content (AvgIpc) is 3.24. The summed E-state index contributed by atoms with van der Waals surface area (Å²) in [6, 6.07) is 8.01. The first-order valence-corrected chi connectivity index (χ1v) is 8.25. The van der Waals surface area contributed by atoms with Crippen LogP contribution in [0.15, 0.2) is 24.3 Å². The highest BCUT2D eigenvalue weighted by atomic mass is 35.5. The van der Waals surface area contributed by atoms with E-state index in [1.54, 1.807) is 0 Å². The van der Waals surface area contributed by atoms with E-state index in [1.165, 1.54) is 18.4 Å². The van der Waals surface area contributed by atoms with Crippen molar-refractivity contribution >= 4 is 28.9 Å². The second kappa shape index (κ2) is 7.84. The van der Waals surface area contributed by atoms with E-state index in [4.69, 9.17) is 23.8 Å². The molecule has 1 N–H and O–H groups in total. The van der Waals surface area contributed by atoms with E-state index in [9.17, 15) is 0 Å². The van der Waals surface area contributed by atoms with Gasteiger partial charge in [-0.3, -0.25) is 0 Å². The van der Waals surface area contributed by atoms with Crippen molar-refractivity contribution in [1.82, 2.24) is 10.2 Å². The molecule has 1 saturated carbocycles. The van der Waals surface area contributed by atoms with Crippen LogP contribution in [-0.4, -0.2) is 29.6 Å². The Morgan fingerprint density at radius 3 is 2.65 bits per heavy atom. The van der Waals surface area contributed by atoms with E-state index in [-0.39, 0.29) is 0 Å². The number of hydrogen-bond acceptors (Lipinski definition) is 1. The van der Waals surface area contributed by atoms with Gasteiger partial charge in [0.15, 0.2) is 5.11 Å². The van der Waals surface area contributed by atoms with Gasteiger partial charge in [-0.2, -0.15) is 0 Å². The van der Waals surface area contributed by atoms with Gasteiger partial charge in [-0.1, -0.05) is 30.7 Å². The summed E-state index contributed by atoms with van der Waals surface area (Å²) in [5.74, 6) is 0.873.